The first-order valence-electron chi connectivity index (χ1n) is 6.87. The zero-order valence-electron chi connectivity index (χ0n) is 12.0. The second-order valence-electron chi connectivity index (χ2n) is 4.86. The molecule has 0 saturated carbocycles. The summed E-state index contributed by atoms with van der Waals surface area (Å²) >= 11 is 0. The number of nitrogens with zero attached hydrogens (tertiary/aromatic N) is 1. The number of benzene rings is 2. The lowest BCUT2D eigenvalue weighted by Crippen LogP contribution is -2.10. The Morgan fingerprint density at radius 1 is 0.955 bits per heavy atom. The molecule has 1 heterocycles. The van der Waals surface area contributed by atoms with Crippen LogP contribution in [0.4, 0.5) is 17.1 Å². The Morgan fingerprint density at radius 3 is 2.23 bits per heavy atom. The molecule has 3 aromatic rings. The van der Waals surface area contributed by atoms with Crippen molar-refractivity contribution in [3.63, 3.8) is 0 Å². The van der Waals surface area contributed by atoms with Gasteiger partial charge in [-0.05, 0) is 43.3 Å². The minimum Gasteiger partial charge on any atom is -0.356 e. The van der Waals surface area contributed by atoms with Crippen LogP contribution in [-0.4, -0.2) is 11.1 Å². The van der Waals surface area contributed by atoms with Gasteiger partial charge in [-0.15, -0.1) is 0 Å². The molecule has 22 heavy (non-hydrogen) atoms. The van der Waals surface area contributed by atoms with Crippen LogP contribution in [0.5, 0.6) is 0 Å². The van der Waals surface area contributed by atoms with Crippen LogP contribution in [0.15, 0.2) is 65.2 Å². The summed E-state index contributed by atoms with van der Waals surface area (Å²) < 4.78 is 4.93. The zero-order valence-corrected chi connectivity index (χ0v) is 12.0. The van der Waals surface area contributed by atoms with E-state index in [9.17, 15) is 4.79 Å². The number of para-hydroxylation sites is 1. The molecule has 0 spiro atoms. The number of aromatic nitrogens is 1. The predicted octanol–water partition coefficient (Wildman–Crippen LogP) is 3.98. The molecular weight excluding hydrogens is 278 g/mol. The van der Waals surface area contributed by atoms with Crippen LogP contribution in [0, 0.1) is 6.92 Å². The van der Waals surface area contributed by atoms with Crippen molar-refractivity contribution < 1.29 is 9.32 Å². The molecule has 0 saturated heterocycles. The first kappa shape index (κ1) is 13.9. The summed E-state index contributed by atoms with van der Waals surface area (Å²) in [5.41, 5.74) is 3.32. The Balaban J connectivity index is 1.65. The Bertz CT molecular complexity index is 764. The van der Waals surface area contributed by atoms with Gasteiger partial charge < -0.3 is 15.2 Å². The summed E-state index contributed by atoms with van der Waals surface area (Å²) in [6, 6.07) is 18.9. The van der Waals surface area contributed by atoms with Gasteiger partial charge in [0.1, 0.15) is 0 Å². The molecule has 0 radical (unpaired) electrons. The van der Waals surface area contributed by atoms with Crippen LogP contribution in [0.3, 0.4) is 0 Å². The fraction of sp³-hybridized carbons (Fsp3) is 0.0588. The van der Waals surface area contributed by atoms with E-state index in [1.54, 1.807) is 13.0 Å². The number of carbonyl (C=O) groups excluding carboxylic acids is 1. The SMILES string of the molecule is Cc1cc(C(=O)Nc2ccc(Nc3ccccc3)cc2)on1. The molecule has 1 amide bonds. The minimum atomic E-state index is -0.315. The van der Waals surface area contributed by atoms with Gasteiger partial charge in [-0.2, -0.15) is 0 Å². The van der Waals surface area contributed by atoms with E-state index in [1.165, 1.54) is 0 Å². The highest BCUT2D eigenvalue weighted by molar-refractivity contribution is 6.02. The van der Waals surface area contributed by atoms with Crippen LogP contribution in [0.25, 0.3) is 0 Å². The Kier molecular flexibility index (Phi) is 3.87. The molecule has 0 aliphatic carbocycles. The van der Waals surface area contributed by atoms with Crippen LogP contribution in [0.2, 0.25) is 0 Å². The van der Waals surface area contributed by atoms with Crippen molar-refractivity contribution in [2.75, 3.05) is 10.6 Å². The van der Waals surface area contributed by atoms with Gasteiger partial charge in [0.2, 0.25) is 5.76 Å². The summed E-state index contributed by atoms with van der Waals surface area (Å²) in [5, 5.41) is 9.73. The number of anilines is 3. The topological polar surface area (TPSA) is 67.2 Å². The molecule has 3 rings (SSSR count). The quantitative estimate of drug-likeness (QED) is 0.763. The van der Waals surface area contributed by atoms with Crippen molar-refractivity contribution in [3.05, 3.63) is 72.1 Å². The van der Waals surface area contributed by atoms with E-state index in [2.05, 4.69) is 15.8 Å². The standard InChI is InChI=1S/C17H15N3O2/c1-12-11-16(22-20-12)17(21)19-15-9-7-14(8-10-15)18-13-5-3-2-4-6-13/h2-11,18H,1H3,(H,19,21). The van der Waals surface area contributed by atoms with E-state index < -0.39 is 0 Å². The Labute approximate surface area is 128 Å². The number of aryl methyl sites for hydroxylation is 1. The van der Waals surface area contributed by atoms with Gasteiger partial charge in [0, 0.05) is 23.1 Å². The molecule has 1 aromatic heterocycles. The number of nitrogens with one attached hydrogen (secondary N) is 2. The lowest BCUT2D eigenvalue weighted by atomic mass is 10.2. The summed E-state index contributed by atoms with van der Waals surface area (Å²) in [6.45, 7) is 1.77. The fourth-order valence-electron chi connectivity index (χ4n) is 1.99. The first-order valence-corrected chi connectivity index (χ1v) is 6.87. The lowest BCUT2D eigenvalue weighted by Gasteiger charge is -2.07. The maximum absolute atomic E-state index is 11.9. The van der Waals surface area contributed by atoms with E-state index >= 15 is 0 Å². The van der Waals surface area contributed by atoms with Gasteiger partial charge in [0.15, 0.2) is 0 Å². The largest absolute Gasteiger partial charge is 0.356 e. The number of hydrogen-bond acceptors (Lipinski definition) is 4. The van der Waals surface area contributed by atoms with E-state index in [0.717, 1.165) is 11.4 Å². The smallest absolute Gasteiger partial charge is 0.294 e. The van der Waals surface area contributed by atoms with Gasteiger partial charge >= 0.3 is 0 Å². The third-order valence-electron chi connectivity index (χ3n) is 3.06. The fourth-order valence-corrected chi connectivity index (χ4v) is 1.99. The highest BCUT2D eigenvalue weighted by Gasteiger charge is 2.11. The molecular formula is C17H15N3O2. The maximum atomic E-state index is 11.9. The van der Waals surface area contributed by atoms with Crippen LogP contribution in [0.1, 0.15) is 16.2 Å². The molecule has 0 unspecified atom stereocenters. The minimum absolute atomic E-state index is 0.198. The first-order chi connectivity index (χ1) is 10.7. The molecule has 0 atom stereocenters. The third-order valence-corrected chi connectivity index (χ3v) is 3.06. The van der Waals surface area contributed by atoms with Crippen molar-refractivity contribution in [3.8, 4) is 0 Å². The molecule has 0 fully saturated rings. The highest BCUT2D eigenvalue weighted by Crippen LogP contribution is 2.19. The van der Waals surface area contributed by atoms with Crippen LogP contribution >= 0.6 is 0 Å². The van der Waals surface area contributed by atoms with Gasteiger partial charge in [-0.25, -0.2) is 0 Å². The molecule has 0 bridgehead atoms. The monoisotopic (exact) mass is 293 g/mol. The number of hydrogen-bond donors (Lipinski definition) is 2. The normalized spacial score (nSPS) is 10.2. The summed E-state index contributed by atoms with van der Waals surface area (Å²) in [7, 11) is 0. The Morgan fingerprint density at radius 2 is 1.59 bits per heavy atom. The third kappa shape index (κ3) is 3.32. The van der Waals surface area contributed by atoms with E-state index in [0.29, 0.717) is 11.4 Å². The molecule has 5 nitrogen and oxygen atoms in total. The summed E-state index contributed by atoms with van der Waals surface area (Å²) in [5.74, 6) is -0.117. The molecule has 2 N–H and O–H groups in total. The number of carbonyl (C=O) groups is 1. The van der Waals surface area contributed by atoms with E-state index in [1.807, 2.05) is 54.6 Å². The van der Waals surface area contributed by atoms with Crippen molar-refractivity contribution in [1.29, 1.82) is 0 Å². The Hall–Kier alpha value is -3.08. The van der Waals surface area contributed by atoms with Crippen molar-refractivity contribution >= 4 is 23.0 Å². The second kappa shape index (κ2) is 6.13. The van der Waals surface area contributed by atoms with Gasteiger partial charge in [0.05, 0.1) is 5.69 Å². The zero-order chi connectivity index (χ0) is 15.4. The molecule has 5 heteroatoms. The average Bonchev–Trinajstić information content (AvgIpc) is 2.97. The van der Waals surface area contributed by atoms with E-state index in [-0.39, 0.29) is 11.7 Å². The van der Waals surface area contributed by atoms with Gasteiger partial charge in [-0.1, -0.05) is 23.4 Å². The highest BCUT2D eigenvalue weighted by atomic mass is 16.5. The van der Waals surface area contributed by atoms with Crippen LogP contribution < -0.4 is 10.6 Å². The predicted molar refractivity (Wildman–Crippen MR) is 85.4 cm³/mol. The summed E-state index contributed by atoms with van der Waals surface area (Å²) in [4.78, 5) is 11.9. The molecule has 0 aliphatic heterocycles. The van der Waals surface area contributed by atoms with Gasteiger partial charge in [0.25, 0.3) is 5.91 Å². The average molecular weight is 293 g/mol. The summed E-state index contributed by atoms with van der Waals surface area (Å²) in [6.07, 6.45) is 0. The molecule has 110 valence electrons. The molecule has 0 aliphatic rings. The number of rotatable bonds is 4. The number of amides is 1. The van der Waals surface area contributed by atoms with Crippen LogP contribution in [-0.2, 0) is 0 Å². The van der Waals surface area contributed by atoms with Crippen molar-refractivity contribution in [2.45, 2.75) is 6.92 Å². The van der Waals surface area contributed by atoms with Crippen molar-refractivity contribution in [1.82, 2.24) is 5.16 Å². The van der Waals surface area contributed by atoms with Gasteiger partial charge in [-0.3, -0.25) is 4.79 Å². The second-order valence-corrected chi connectivity index (χ2v) is 4.86. The van der Waals surface area contributed by atoms with Crippen molar-refractivity contribution in [2.24, 2.45) is 0 Å². The van der Waals surface area contributed by atoms with E-state index in [4.69, 9.17) is 4.52 Å². The molecule has 2 aromatic carbocycles. The maximum Gasteiger partial charge on any atom is 0.294 e. The lowest BCUT2D eigenvalue weighted by molar-refractivity contribution is 0.0988.